The van der Waals surface area contributed by atoms with Crippen LogP contribution in [-0.2, 0) is 9.53 Å². The van der Waals surface area contributed by atoms with Crippen LogP contribution in [0.3, 0.4) is 0 Å². The van der Waals surface area contributed by atoms with E-state index in [0.717, 1.165) is 25.7 Å². The molecule has 0 spiro atoms. The van der Waals surface area contributed by atoms with Gasteiger partial charge in [0.1, 0.15) is 5.78 Å². The second-order valence-electron chi connectivity index (χ2n) is 5.77. The Balaban J connectivity index is 1.78. The zero-order chi connectivity index (χ0) is 11.8. The highest BCUT2D eigenvalue weighted by Gasteiger charge is 2.42. The second kappa shape index (κ2) is 4.47. The van der Waals surface area contributed by atoms with E-state index in [4.69, 9.17) is 4.74 Å². The van der Waals surface area contributed by atoms with Gasteiger partial charge in [0.15, 0.2) is 0 Å². The van der Waals surface area contributed by atoms with Gasteiger partial charge in [0.25, 0.3) is 0 Å². The molecule has 3 atom stereocenters. The molecule has 1 unspecified atom stereocenters. The highest BCUT2D eigenvalue weighted by atomic mass is 16.5. The number of carbonyl (C=O) groups excluding carboxylic acids is 1. The summed E-state index contributed by atoms with van der Waals surface area (Å²) in [5.74, 6) is 2.68. The monoisotopic (exact) mass is 234 g/mol. The van der Waals surface area contributed by atoms with Crippen LogP contribution in [0.15, 0.2) is 11.3 Å². The van der Waals surface area contributed by atoms with Crippen LogP contribution in [0.25, 0.3) is 0 Å². The lowest BCUT2D eigenvalue weighted by atomic mass is 9.76. The fourth-order valence-electron chi connectivity index (χ4n) is 3.90. The number of carbonyl (C=O) groups is 1. The molecule has 0 amide bonds. The summed E-state index contributed by atoms with van der Waals surface area (Å²) in [6, 6.07) is 0. The van der Waals surface area contributed by atoms with Crippen LogP contribution in [-0.4, -0.2) is 11.9 Å². The van der Waals surface area contributed by atoms with E-state index in [9.17, 15) is 4.79 Å². The number of hydrogen-bond donors (Lipinski definition) is 0. The first-order valence-electron chi connectivity index (χ1n) is 7.21. The normalized spacial score (nSPS) is 36.5. The molecule has 2 aliphatic carbocycles. The molecule has 17 heavy (non-hydrogen) atoms. The Morgan fingerprint density at radius 1 is 1.12 bits per heavy atom. The van der Waals surface area contributed by atoms with Gasteiger partial charge >= 0.3 is 0 Å². The maximum atomic E-state index is 11.8. The summed E-state index contributed by atoms with van der Waals surface area (Å²) < 4.78 is 6.14. The predicted molar refractivity (Wildman–Crippen MR) is 66.5 cm³/mol. The molecule has 1 aliphatic heterocycles. The topological polar surface area (TPSA) is 26.3 Å². The number of hydrogen-bond acceptors (Lipinski definition) is 2. The molecule has 2 heteroatoms. The van der Waals surface area contributed by atoms with Crippen molar-refractivity contribution in [2.45, 2.75) is 64.4 Å². The van der Waals surface area contributed by atoms with E-state index < -0.39 is 0 Å². The predicted octanol–water partition coefficient (Wildman–Crippen LogP) is 3.61. The van der Waals surface area contributed by atoms with Gasteiger partial charge in [-0.3, -0.25) is 4.79 Å². The lowest BCUT2D eigenvalue weighted by Gasteiger charge is -2.36. The fraction of sp³-hybridized carbons (Fsp3) is 0.800. The third kappa shape index (κ3) is 1.92. The summed E-state index contributed by atoms with van der Waals surface area (Å²) in [5, 5.41) is 0. The minimum Gasteiger partial charge on any atom is -0.495 e. The molecule has 1 saturated carbocycles. The second-order valence-corrected chi connectivity index (χ2v) is 5.77. The third-order valence-electron chi connectivity index (χ3n) is 4.74. The van der Waals surface area contributed by atoms with Crippen molar-refractivity contribution in [3.8, 4) is 0 Å². The van der Waals surface area contributed by atoms with E-state index in [1.54, 1.807) is 0 Å². The van der Waals surface area contributed by atoms with Crippen molar-refractivity contribution < 1.29 is 9.53 Å². The van der Waals surface area contributed by atoms with Crippen LogP contribution in [0.4, 0.5) is 0 Å². The molecule has 0 N–H and O–H groups in total. The van der Waals surface area contributed by atoms with Gasteiger partial charge in [-0.15, -0.1) is 0 Å². The quantitative estimate of drug-likeness (QED) is 0.729. The lowest BCUT2D eigenvalue weighted by Crippen LogP contribution is -2.29. The third-order valence-corrected chi connectivity index (χ3v) is 4.74. The van der Waals surface area contributed by atoms with Crippen LogP contribution >= 0.6 is 0 Å². The molecule has 0 bridgehead atoms. The Kier molecular flexibility index (Phi) is 2.97. The summed E-state index contributed by atoms with van der Waals surface area (Å²) >= 11 is 0. The Morgan fingerprint density at radius 3 is 2.76 bits per heavy atom. The Bertz CT molecular complexity index is 356. The summed E-state index contributed by atoms with van der Waals surface area (Å²) in [7, 11) is 0. The van der Waals surface area contributed by atoms with Crippen LogP contribution in [0.5, 0.6) is 0 Å². The summed E-state index contributed by atoms with van der Waals surface area (Å²) in [6.07, 6.45) is 9.16. The molecular formula is C15H22O2. The van der Waals surface area contributed by atoms with E-state index in [1.807, 2.05) is 0 Å². The smallest absolute Gasteiger partial charge is 0.136 e. The minimum atomic E-state index is 0.347. The van der Waals surface area contributed by atoms with E-state index in [1.165, 1.54) is 37.0 Å². The lowest BCUT2D eigenvalue weighted by molar-refractivity contribution is -0.121. The minimum absolute atomic E-state index is 0.347. The van der Waals surface area contributed by atoms with Gasteiger partial charge in [-0.25, -0.2) is 0 Å². The number of rotatable bonds is 2. The highest BCUT2D eigenvalue weighted by Crippen LogP contribution is 2.47. The maximum Gasteiger partial charge on any atom is 0.136 e. The molecule has 0 aromatic rings. The average molecular weight is 234 g/mol. The first-order chi connectivity index (χ1) is 8.29. The molecule has 2 nitrogen and oxygen atoms in total. The van der Waals surface area contributed by atoms with Gasteiger partial charge < -0.3 is 4.74 Å². The molecule has 1 heterocycles. The largest absolute Gasteiger partial charge is 0.495 e. The van der Waals surface area contributed by atoms with Crippen molar-refractivity contribution in [3.63, 3.8) is 0 Å². The number of allylic oxidation sites excluding steroid dienone is 2. The number of ether oxygens (including phenoxy) is 1. The van der Waals surface area contributed by atoms with Crippen molar-refractivity contribution in [2.24, 2.45) is 11.8 Å². The number of fused-ring (bicyclic) bond motifs is 2. The first-order valence-corrected chi connectivity index (χ1v) is 7.21. The standard InChI is InChI=1S/C15H22O2/c1-2-3-10-4-5-13-11-6-8-14(16)12(11)7-9-15(13)17-10/h10-12H,2-9H2,1H3/t10?,11-,12+/m1/s1. The van der Waals surface area contributed by atoms with Crippen molar-refractivity contribution in [1.82, 2.24) is 0 Å². The Morgan fingerprint density at radius 2 is 1.94 bits per heavy atom. The number of Topliss-reactive ketones (excluding diaryl/α,β-unsaturated/α-hetero) is 1. The van der Waals surface area contributed by atoms with Crippen molar-refractivity contribution in [2.75, 3.05) is 0 Å². The molecule has 94 valence electrons. The van der Waals surface area contributed by atoms with E-state index in [0.29, 0.717) is 23.7 Å². The van der Waals surface area contributed by atoms with Crippen LogP contribution < -0.4 is 0 Å². The number of ketones is 1. The van der Waals surface area contributed by atoms with Gasteiger partial charge in [0.2, 0.25) is 0 Å². The zero-order valence-corrected chi connectivity index (χ0v) is 10.7. The van der Waals surface area contributed by atoms with Crippen molar-refractivity contribution >= 4 is 5.78 Å². The molecule has 0 saturated heterocycles. The summed E-state index contributed by atoms with van der Waals surface area (Å²) in [4.78, 5) is 11.8. The Hall–Kier alpha value is -0.790. The van der Waals surface area contributed by atoms with Gasteiger partial charge in [0.05, 0.1) is 11.9 Å². The van der Waals surface area contributed by atoms with Gasteiger partial charge in [-0.2, -0.15) is 0 Å². The molecule has 3 rings (SSSR count). The first kappa shape index (κ1) is 11.3. The molecule has 0 aromatic heterocycles. The average Bonchev–Trinajstić information content (AvgIpc) is 2.72. The summed E-state index contributed by atoms with van der Waals surface area (Å²) in [5.41, 5.74) is 1.51. The molecule has 1 fully saturated rings. The van der Waals surface area contributed by atoms with E-state index in [-0.39, 0.29) is 0 Å². The van der Waals surface area contributed by atoms with Crippen molar-refractivity contribution in [3.05, 3.63) is 11.3 Å². The molecule has 0 aromatic carbocycles. The molecule has 0 radical (unpaired) electrons. The SMILES string of the molecule is CCCC1CCC2=C(CC[C@@H]3C(=O)CC[C@@H]23)O1. The van der Waals surface area contributed by atoms with Gasteiger partial charge in [-0.05, 0) is 43.6 Å². The van der Waals surface area contributed by atoms with Crippen LogP contribution in [0.2, 0.25) is 0 Å². The van der Waals surface area contributed by atoms with E-state index >= 15 is 0 Å². The van der Waals surface area contributed by atoms with Crippen LogP contribution in [0, 0.1) is 11.8 Å². The van der Waals surface area contributed by atoms with Crippen molar-refractivity contribution in [1.29, 1.82) is 0 Å². The zero-order valence-electron chi connectivity index (χ0n) is 10.7. The Labute approximate surface area is 103 Å². The molecule has 3 aliphatic rings. The summed E-state index contributed by atoms with van der Waals surface area (Å²) in [6.45, 7) is 2.22. The van der Waals surface area contributed by atoms with Crippen LogP contribution in [0.1, 0.15) is 58.3 Å². The highest BCUT2D eigenvalue weighted by molar-refractivity contribution is 5.84. The fourth-order valence-corrected chi connectivity index (χ4v) is 3.90. The van der Waals surface area contributed by atoms with Gasteiger partial charge in [0, 0.05) is 18.8 Å². The maximum absolute atomic E-state index is 11.8. The van der Waals surface area contributed by atoms with Gasteiger partial charge in [-0.1, -0.05) is 13.3 Å². The van der Waals surface area contributed by atoms with E-state index in [2.05, 4.69) is 6.92 Å². The molecular weight excluding hydrogens is 212 g/mol.